The minimum absolute atomic E-state index is 0.0342. The monoisotopic (exact) mass is 276 g/mol. The first-order chi connectivity index (χ1) is 9.79. The minimum atomic E-state index is -0.0342. The molecule has 0 bridgehead atoms. The zero-order chi connectivity index (χ0) is 14.2. The van der Waals surface area contributed by atoms with Crippen molar-refractivity contribution in [2.75, 3.05) is 26.7 Å². The molecule has 1 amide bonds. The van der Waals surface area contributed by atoms with Crippen LogP contribution < -0.4 is 15.1 Å². The van der Waals surface area contributed by atoms with Crippen LogP contribution in [-0.2, 0) is 4.79 Å². The molecule has 1 aliphatic heterocycles. The Balaban J connectivity index is 1.81. The predicted octanol–water partition coefficient (Wildman–Crippen LogP) is 0.214. The molecule has 1 aromatic carbocycles. The number of hydrogen-bond acceptors (Lipinski definition) is 3. The Hall–Kier alpha value is -1.88. The first-order valence-corrected chi connectivity index (χ1v) is 7.08. The molecular formula is C15H22N3O2+. The van der Waals surface area contributed by atoms with E-state index in [9.17, 15) is 4.79 Å². The third kappa shape index (κ3) is 4.35. The highest BCUT2D eigenvalue weighted by Crippen LogP contribution is 2.14. The molecule has 0 aromatic heterocycles. The Kier molecular flexibility index (Phi) is 5.55. The van der Waals surface area contributed by atoms with Crippen LogP contribution in [0.1, 0.15) is 24.8 Å². The smallest absolute Gasteiger partial charge is 0.295 e. The molecule has 1 heterocycles. The summed E-state index contributed by atoms with van der Waals surface area (Å²) in [6.45, 7) is 2.68. The van der Waals surface area contributed by atoms with E-state index < -0.39 is 0 Å². The number of carbonyl (C=O) groups excluding carboxylic acids is 1. The van der Waals surface area contributed by atoms with E-state index in [2.05, 4.69) is 10.5 Å². The fourth-order valence-electron chi connectivity index (χ4n) is 2.44. The van der Waals surface area contributed by atoms with E-state index >= 15 is 0 Å². The lowest BCUT2D eigenvalue weighted by Gasteiger charge is -2.22. The molecule has 1 aromatic rings. The van der Waals surface area contributed by atoms with Crippen LogP contribution in [0.5, 0.6) is 5.75 Å². The predicted molar refractivity (Wildman–Crippen MR) is 78.1 cm³/mol. The number of nitrogens with zero attached hydrogens (tertiary/aromatic N) is 1. The third-order valence-corrected chi connectivity index (χ3v) is 3.50. The molecule has 0 radical (unpaired) electrons. The second-order valence-corrected chi connectivity index (χ2v) is 5.02. The van der Waals surface area contributed by atoms with Gasteiger partial charge < -0.3 is 9.64 Å². The number of rotatable bonds is 5. The fourth-order valence-corrected chi connectivity index (χ4v) is 2.44. The highest BCUT2D eigenvalue weighted by Gasteiger charge is 2.16. The topological polar surface area (TPSA) is 55.1 Å². The van der Waals surface area contributed by atoms with E-state index in [0.29, 0.717) is 6.54 Å². The Labute approximate surface area is 119 Å². The summed E-state index contributed by atoms with van der Waals surface area (Å²) in [5, 5.41) is 4.00. The summed E-state index contributed by atoms with van der Waals surface area (Å²) in [4.78, 5) is 13.1. The SMILES string of the molecule is COc1ccccc1/C=N\NC(=O)C[NH+]1CCCCC1. The van der Waals surface area contributed by atoms with Crippen molar-refractivity contribution in [3.8, 4) is 5.75 Å². The van der Waals surface area contributed by atoms with Crippen molar-refractivity contribution in [3.63, 3.8) is 0 Å². The third-order valence-electron chi connectivity index (χ3n) is 3.50. The van der Waals surface area contributed by atoms with Crippen molar-refractivity contribution in [3.05, 3.63) is 29.8 Å². The Morgan fingerprint density at radius 3 is 2.85 bits per heavy atom. The number of methoxy groups -OCH3 is 1. The maximum absolute atomic E-state index is 11.8. The van der Waals surface area contributed by atoms with E-state index in [-0.39, 0.29) is 5.91 Å². The molecule has 5 nitrogen and oxygen atoms in total. The number of hydrogen-bond donors (Lipinski definition) is 2. The lowest BCUT2D eigenvalue weighted by atomic mass is 10.1. The highest BCUT2D eigenvalue weighted by molar-refractivity contribution is 5.85. The molecule has 0 atom stereocenters. The second kappa shape index (κ2) is 7.65. The lowest BCUT2D eigenvalue weighted by Crippen LogP contribution is -3.13. The number of para-hydroxylation sites is 1. The average Bonchev–Trinajstić information content (AvgIpc) is 2.49. The molecule has 20 heavy (non-hydrogen) atoms. The zero-order valence-electron chi connectivity index (χ0n) is 11.9. The van der Waals surface area contributed by atoms with Crippen molar-refractivity contribution < 1.29 is 14.4 Å². The van der Waals surface area contributed by atoms with Gasteiger partial charge in [0.15, 0.2) is 6.54 Å². The number of carbonyl (C=O) groups is 1. The summed E-state index contributed by atoms with van der Waals surface area (Å²) in [6, 6.07) is 7.56. The van der Waals surface area contributed by atoms with Crippen molar-refractivity contribution >= 4 is 12.1 Å². The summed E-state index contributed by atoms with van der Waals surface area (Å²) in [5.74, 6) is 0.709. The molecule has 1 saturated heterocycles. The van der Waals surface area contributed by atoms with Crippen molar-refractivity contribution in [1.29, 1.82) is 0 Å². The highest BCUT2D eigenvalue weighted by atomic mass is 16.5. The van der Waals surface area contributed by atoms with E-state index in [4.69, 9.17) is 4.74 Å². The van der Waals surface area contributed by atoms with E-state index in [0.717, 1.165) is 24.4 Å². The summed E-state index contributed by atoms with van der Waals surface area (Å²) >= 11 is 0. The van der Waals surface area contributed by atoms with Crippen LogP contribution in [-0.4, -0.2) is 38.9 Å². The number of ether oxygens (including phenoxy) is 1. The number of piperidine rings is 1. The molecule has 108 valence electrons. The van der Waals surface area contributed by atoms with Gasteiger partial charge in [0.2, 0.25) is 0 Å². The van der Waals surface area contributed by atoms with Gasteiger partial charge in [-0.2, -0.15) is 5.10 Å². The van der Waals surface area contributed by atoms with Crippen LogP contribution in [0.25, 0.3) is 0 Å². The Bertz CT molecular complexity index is 468. The van der Waals surface area contributed by atoms with Crippen molar-refractivity contribution in [1.82, 2.24) is 5.43 Å². The molecule has 0 aliphatic carbocycles. The number of amides is 1. The molecule has 2 N–H and O–H groups in total. The van der Waals surface area contributed by atoms with Gasteiger partial charge in [-0.1, -0.05) is 12.1 Å². The van der Waals surface area contributed by atoms with Gasteiger partial charge in [-0.15, -0.1) is 0 Å². The molecule has 5 heteroatoms. The zero-order valence-corrected chi connectivity index (χ0v) is 11.9. The van der Waals surface area contributed by atoms with E-state index in [1.165, 1.54) is 24.2 Å². The molecular weight excluding hydrogens is 254 g/mol. The van der Waals surface area contributed by atoms with Crippen LogP contribution >= 0.6 is 0 Å². The van der Waals surface area contributed by atoms with Gasteiger partial charge in [-0.3, -0.25) is 4.79 Å². The van der Waals surface area contributed by atoms with Crippen LogP contribution in [0.15, 0.2) is 29.4 Å². The van der Waals surface area contributed by atoms with Gasteiger partial charge in [0.05, 0.1) is 26.4 Å². The van der Waals surface area contributed by atoms with Crippen molar-refractivity contribution in [2.45, 2.75) is 19.3 Å². The molecule has 1 aliphatic rings. The summed E-state index contributed by atoms with van der Waals surface area (Å²) in [5.41, 5.74) is 3.43. The second-order valence-electron chi connectivity index (χ2n) is 5.02. The van der Waals surface area contributed by atoms with Gasteiger partial charge in [0.1, 0.15) is 5.75 Å². The first kappa shape index (κ1) is 14.5. The normalized spacial score (nSPS) is 16.2. The van der Waals surface area contributed by atoms with Gasteiger partial charge in [0.25, 0.3) is 5.91 Å². The number of hydrazone groups is 1. The van der Waals surface area contributed by atoms with E-state index in [1.807, 2.05) is 24.3 Å². The number of likely N-dealkylation sites (tertiary alicyclic amines) is 1. The molecule has 0 spiro atoms. The fraction of sp³-hybridized carbons (Fsp3) is 0.467. The number of quaternary nitrogens is 1. The average molecular weight is 276 g/mol. The van der Waals surface area contributed by atoms with Gasteiger partial charge in [-0.05, 0) is 31.4 Å². The van der Waals surface area contributed by atoms with Gasteiger partial charge in [0, 0.05) is 5.56 Å². The van der Waals surface area contributed by atoms with Crippen LogP contribution in [0.4, 0.5) is 0 Å². The summed E-state index contributed by atoms with van der Waals surface area (Å²) in [7, 11) is 1.62. The maximum Gasteiger partial charge on any atom is 0.295 e. The van der Waals surface area contributed by atoms with Crippen LogP contribution in [0.3, 0.4) is 0 Å². The van der Waals surface area contributed by atoms with Crippen molar-refractivity contribution in [2.24, 2.45) is 5.10 Å². The Morgan fingerprint density at radius 1 is 1.35 bits per heavy atom. The standard InChI is InChI=1S/C15H21N3O2/c1-20-14-8-4-3-7-13(14)11-16-17-15(19)12-18-9-5-2-6-10-18/h3-4,7-8,11H,2,5-6,9-10,12H2,1H3,(H,17,19)/p+1/b16-11-. The first-order valence-electron chi connectivity index (χ1n) is 7.08. The lowest BCUT2D eigenvalue weighted by molar-refractivity contribution is -0.896. The molecule has 0 saturated carbocycles. The maximum atomic E-state index is 11.8. The number of benzene rings is 1. The number of nitrogens with one attached hydrogen (secondary N) is 2. The molecule has 1 fully saturated rings. The van der Waals surface area contributed by atoms with Crippen LogP contribution in [0, 0.1) is 0 Å². The summed E-state index contributed by atoms with van der Waals surface area (Å²) < 4.78 is 5.22. The molecule has 2 rings (SSSR count). The van der Waals surface area contributed by atoms with Gasteiger partial charge in [-0.25, -0.2) is 5.43 Å². The summed E-state index contributed by atoms with van der Waals surface area (Å²) in [6.07, 6.45) is 5.33. The largest absolute Gasteiger partial charge is 0.496 e. The minimum Gasteiger partial charge on any atom is -0.496 e. The quantitative estimate of drug-likeness (QED) is 0.597. The van der Waals surface area contributed by atoms with Gasteiger partial charge >= 0.3 is 0 Å². The van der Waals surface area contributed by atoms with E-state index in [1.54, 1.807) is 13.3 Å². The molecule has 0 unspecified atom stereocenters. The van der Waals surface area contributed by atoms with Crippen LogP contribution in [0.2, 0.25) is 0 Å². The Morgan fingerprint density at radius 2 is 2.10 bits per heavy atom.